The molecule has 0 aliphatic carbocycles. The Morgan fingerprint density at radius 3 is 2.67 bits per heavy atom. The van der Waals surface area contributed by atoms with E-state index in [1.54, 1.807) is 0 Å². The normalized spacial score (nSPS) is 19.8. The number of nitrogens with zero attached hydrogens (tertiary/aromatic N) is 3. The molecule has 2 aliphatic heterocycles. The van der Waals surface area contributed by atoms with E-state index in [2.05, 4.69) is 15.9 Å². The molecular weight excluding hydrogens is 302 g/mol. The molecule has 1 aromatic heterocycles. The minimum atomic E-state index is 0.648. The van der Waals surface area contributed by atoms with Crippen molar-refractivity contribution in [2.24, 2.45) is 0 Å². The molecule has 0 N–H and O–H groups in total. The molecule has 5 heteroatoms. The predicted octanol–water partition coefficient (Wildman–Crippen LogP) is 2.33. The first-order valence-electron chi connectivity index (χ1n) is 8.46. The van der Waals surface area contributed by atoms with Gasteiger partial charge >= 0.3 is 0 Å². The van der Waals surface area contributed by atoms with Gasteiger partial charge in [-0.25, -0.2) is 0 Å². The molecule has 0 bridgehead atoms. The van der Waals surface area contributed by atoms with Gasteiger partial charge in [0.1, 0.15) is 11.5 Å². The first kappa shape index (κ1) is 15.4. The predicted molar refractivity (Wildman–Crippen MR) is 90.3 cm³/mol. The van der Waals surface area contributed by atoms with Crippen LogP contribution in [0.3, 0.4) is 0 Å². The lowest BCUT2D eigenvalue weighted by Gasteiger charge is -2.46. The van der Waals surface area contributed by atoms with E-state index >= 15 is 0 Å². The first-order chi connectivity index (χ1) is 11.8. The number of hydrogen-bond acceptors (Lipinski definition) is 5. The Kier molecular flexibility index (Phi) is 4.35. The highest BCUT2D eigenvalue weighted by Gasteiger charge is 2.32. The molecule has 24 heavy (non-hydrogen) atoms. The van der Waals surface area contributed by atoms with Crippen molar-refractivity contribution in [2.45, 2.75) is 12.6 Å². The van der Waals surface area contributed by atoms with Crippen LogP contribution in [0.1, 0.15) is 11.3 Å². The van der Waals surface area contributed by atoms with Crippen LogP contribution in [0.2, 0.25) is 0 Å². The fourth-order valence-corrected chi connectivity index (χ4v) is 3.47. The van der Waals surface area contributed by atoms with Crippen LogP contribution in [0.15, 0.2) is 40.8 Å². The van der Waals surface area contributed by atoms with Crippen molar-refractivity contribution in [1.29, 1.82) is 5.26 Å². The third-order valence-corrected chi connectivity index (χ3v) is 4.85. The van der Waals surface area contributed by atoms with Crippen molar-refractivity contribution in [3.05, 3.63) is 47.7 Å². The molecule has 0 unspecified atom stereocenters. The summed E-state index contributed by atoms with van der Waals surface area (Å²) in [6.07, 6.45) is 0. The van der Waals surface area contributed by atoms with E-state index in [1.165, 1.54) is 0 Å². The molecule has 124 valence electrons. The van der Waals surface area contributed by atoms with Crippen molar-refractivity contribution in [1.82, 2.24) is 9.80 Å². The monoisotopic (exact) mass is 323 g/mol. The van der Waals surface area contributed by atoms with Crippen LogP contribution < -0.4 is 0 Å². The molecule has 0 amide bonds. The second-order valence-corrected chi connectivity index (χ2v) is 6.42. The summed E-state index contributed by atoms with van der Waals surface area (Å²) in [5.74, 6) is 1.73. The van der Waals surface area contributed by atoms with Gasteiger partial charge in [0.25, 0.3) is 0 Å². The zero-order valence-electron chi connectivity index (χ0n) is 13.6. The number of rotatable bonds is 4. The van der Waals surface area contributed by atoms with Gasteiger partial charge in [0.05, 0.1) is 31.4 Å². The van der Waals surface area contributed by atoms with Crippen LogP contribution in [-0.2, 0) is 11.3 Å². The van der Waals surface area contributed by atoms with Gasteiger partial charge < -0.3 is 9.15 Å². The third-order valence-electron chi connectivity index (χ3n) is 4.85. The van der Waals surface area contributed by atoms with Crippen LogP contribution in [0.25, 0.3) is 11.3 Å². The van der Waals surface area contributed by atoms with Crippen molar-refractivity contribution in [3.8, 4) is 17.4 Å². The summed E-state index contributed by atoms with van der Waals surface area (Å²) in [5, 5.41) is 9.22. The van der Waals surface area contributed by atoms with Crippen molar-refractivity contribution in [2.75, 3.05) is 39.4 Å². The standard InChI is InChI=1S/C19H21N3O2/c20-11-15-3-1-2-4-18(15)19-6-5-17(24-19)14-21-12-16(13-21)22-7-9-23-10-8-22/h1-6,16H,7-10,12-14H2. The molecule has 1 aromatic carbocycles. The lowest BCUT2D eigenvalue weighted by Crippen LogP contribution is -2.60. The summed E-state index contributed by atoms with van der Waals surface area (Å²) in [5.41, 5.74) is 1.51. The molecule has 2 aromatic rings. The summed E-state index contributed by atoms with van der Waals surface area (Å²) in [6.45, 7) is 6.82. The number of ether oxygens (including phenoxy) is 1. The Bertz CT molecular complexity index is 737. The fourth-order valence-electron chi connectivity index (χ4n) is 3.47. The summed E-state index contributed by atoms with van der Waals surface area (Å²) in [7, 11) is 0. The molecule has 0 spiro atoms. The second-order valence-electron chi connectivity index (χ2n) is 6.42. The van der Waals surface area contributed by atoms with E-state index in [1.807, 2.05) is 36.4 Å². The van der Waals surface area contributed by atoms with Crippen molar-refractivity contribution in [3.63, 3.8) is 0 Å². The Balaban J connectivity index is 1.36. The number of hydrogen-bond donors (Lipinski definition) is 0. The SMILES string of the molecule is N#Cc1ccccc1-c1ccc(CN2CC(N3CCOCC3)C2)o1. The minimum absolute atomic E-state index is 0.648. The van der Waals surface area contributed by atoms with Crippen LogP contribution >= 0.6 is 0 Å². The van der Waals surface area contributed by atoms with Crippen LogP contribution in [-0.4, -0.2) is 55.2 Å². The number of morpholine rings is 1. The molecule has 0 atom stereocenters. The van der Waals surface area contributed by atoms with E-state index in [4.69, 9.17) is 9.15 Å². The first-order valence-corrected chi connectivity index (χ1v) is 8.46. The van der Waals surface area contributed by atoms with E-state index in [-0.39, 0.29) is 0 Å². The quantitative estimate of drug-likeness (QED) is 0.864. The summed E-state index contributed by atoms with van der Waals surface area (Å²) in [4.78, 5) is 4.93. The lowest BCUT2D eigenvalue weighted by molar-refractivity contribution is -0.0359. The van der Waals surface area contributed by atoms with Gasteiger partial charge in [-0.1, -0.05) is 12.1 Å². The largest absolute Gasteiger partial charge is 0.460 e. The highest BCUT2D eigenvalue weighted by molar-refractivity contribution is 5.66. The van der Waals surface area contributed by atoms with Crippen molar-refractivity contribution < 1.29 is 9.15 Å². The van der Waals surface area contributed by atoms with Crippen LogP contribution in [0.4, 0.5) is 0 Å². The maximum Gasteiger partial charge on any atom is 0.135 e. The Morgan fingerprint density at radius 2 is 1.88 bits per heavy atom. The Morgan fingerprint density at radius 1 is 1.08 bits per heavy atom. The Labute approximate surface area is 142 Å². The number of likely N-dealkylation sites (tertiary alicyclic amines) is 1. The van der Waals surface area contributed by atoms with Gasteiger partial charge in [-0.3, -0.25) is 9.80 Å². The van der Waals surface area contributed by atoms with Gasteiger partial charge in [-0.15, -0.1) is 0 Å². The van der Waals surface area contributed by atoms with Crippen LogP contribution in [0, 0.1) is 11.3 Å². The molecule has 2 aliphatic rings. The average Bonchev–Trinajstić information content (AvgIpc) is 3.07. The maximum atomic E-state index is 9.22. The fraction of sp³-hybridized carbons (Fsp3) is 0.421. The molecule has 5 nitrogen and oxygen atoms in total. The Hall–Kier alpha value is -2.13. The van der Waals surface area contributed by atoms with Gasteiger partial charge in [0.2, 0.25) is 0 Å². The maximum absolute atomic E-state index is 9.22. The van der Waals surface area contributed by atoms with E-state index in [0.29, 0.717) is 11.6 Å². The molecule has 2 fully saturated rings. The van der Waals surface area contributed by atoms with Gasteiger partial charge in [0, 0.05) is 37.8 Å². The van der Waals surface area contributed by atoms with E-state index < -0.39 is 0 Å². The average molecular weight is 323 g/mol. The molecular formula is C19H21N3O2. The van der Waals surface area contributed by atoms with Gasteiger partial charge in [-0.2, -0.15) is 5.26 Å². The number of nitriles is 1. The summed E-state index contributed by atoms with van der Waals surface area (Å²) < 4.78 is 11.4. The molecule has 0 saturated carbocycles. The zero-order chi connectivity index (χ0) is 16.4. The molecule has 0 radical (unpaired) electrons. The topological polar surface area (TPSA) is 52.6 Å². The number of furan rings is 1. The third kappa shape index (κ3) is 3.09. The molecule has 2 saturated heterocycles. The smallest absolute Gasteiger partial charge is 0.135 e. The van der Waals surface area contributed by atoms with Gasteiger partial charge in [0.15, 0.2) is 0 Å². The van der Waals surface area contributed by atoms with Gasteiger partial charge in [-0.05, 0) is 24.3 Å². The summed E-state index contributed by atoms with van der Waals surface area (Å²) in [6, 6.07) is 14.4. The highest BCUT2D eigenvalue weighted by atomic mass is 16.5. The van der Waals surface area contributed by atoms with E-state index in [0.717, 1.165) is 63.0 Å². The highest BCUT2D eigenvalue weighted by Crippen LogP contribution is 2.27. The minimum Gasteiger partial charge on any atom is -0.460 e. The van der Waals surface area contributed by atoms with Crippen LogP contribution in [0.5, 0.6) is 0 Å². The summed E-state index contributed by atoms with van der Waals surface area (Å²) >= 11 is 0. The lowest BCUT2D eigenvalue weighted by atomic mass is 10.1. The second kappa shape index (κ2) is 6.78. The molecule has 3 heterocycles. The number of benzene rings is 1. The zero-order valence-corrected chi connectivity index (χ0v) is 13.6. The van der Waals surface area contributed by atoms with Crippen molar-refractivity contribution >= 4 is 0 Å². The molecule has 4 rings (SSSR count). The van der Waals surface area contributed by atoms with E-state index in [9.17, 15) is 5.26 Å².